The molecule has 0 aliphatic carbocycles. The second-order valence-corrected chi connectivity index (χ2v) is 5.13. The lowest BCUT2D eigenvalue weighted by molar-refractivity contribution is -0.121. The fraction of sp³-hybridized carbons (Fsp3) is 0.467. The lowest BCUT2D eigenvalue weighted by atomic mass is 10.2. The SMILES string of the molecule is CCCCNC(=O)CCN(C(C)=O)c1ccc(F)c(Cl)c1. The summed E-state index contributed by atoms with van der Waals surface area (Å²) in [4.78, 5) is 24.7. The van der Waals surface area contributed by atoms with Crippen LogP contribution in [0, 0.1) is 5.82 Å². The van der Waals surface area contributed by atoms with Gasteiger partial charge in [0.1, 0.15) is 5.82 Å². The lowest BCUT2D eigenvalue weighted by Gasteiger charge is -2.21. The summed E-state index contributed by atoms with van der Waals surface area (Å²) in [6.07, 6.45) is 2.13. The van der Waals surface area contributed by atoms with Crippen molar-refractivity contribution in [1.82, 2.24) is 5.32 Å². The Morgan fingerprint density at radius 3 is 2.67 bits per heavy atom. The van der Waals surface area contributed by atoms with Gasteiger partial charge in [-0.05, 0) is 24.6 Å². The van der Waals surface area contributed by atoms with Crippen molar-refractivity contribution in [2.24, 2.45) is 0 Å². The predicted molar refractivity (Wildman–Crippen MR) is 82.0 cm³/mol. The first-order valence-electron chi connectivity index (χ1n) is 6.95. The van der Waals surface area contributed by atoms with Gasteiger partial charge < -0.3 is 10.2 Å². The summed E-state index contributed by atoms with van der Waals surface area (Å²) in [5, 5.41) is 2.74. The van der Waals surface area contributed by atoms with Crippen molar-refractivity contribution in [2.45, 2.75) is 33.1 Å². The van der Waals surface area contributed by atoms with Crippen LogP contribution in [-0.4, -0.2) is 24.9 Å². The topological polar surface area (TPSA) is 49.4 Å². The lowest BCUT2D eigenvalue weighted by Crippen LogP contribution is -2.34. The van der Waals surface area contributed by atoms with Crippen LogP contribution in [0.2, 0.25) is 5.02 Å². The average Bonchev–Trinajstić information content (AvgIpc) is 2.43. The van der Waals surface area contributed by atoms with Gasteiger partial charge in [-0.15, -0.1) is 0 Å². The molecule has 1 aromatic rings. The third-order valence-electron chi connectivity index (χ3n) is 3.01. The van der Waals surface area contributed by atoms with Crippen molar-refractivity contribution < 1.29 is 14.0 Å². The number of amides is 2. The molecule has 4 nitrogen and oxygen atoms in total. The van der Waals surface area contributed by atoms with Crippen LogP contribution < -0.4 is 10.2 Å². The summed E-state index contributed by atoms with van der Waals surface area (Å²) in [5.41, 5.74) is 0.482. The van der Waals surface area contributed by atoms with E-state index in [0.29, 0.717) is 12.2 Å². The number of nitrogens with zero attached hydrogens (tertiary/aromatic N) is 1. The quantitative estimate of drug-likeness (QED) is 0.786. The average molecular weight is 315 g/mol. The Hall–Kier alpha value is -1.62. The van der Waals surface area contributed by atoms with Gasteiger partial charge in [-0.2, -0.15) is 0 Å². The number of unbranched alkanes of at least 4 members (excludes halogenated alkanes) is 1. The highest BCUT2D eigenvalue weighted by Crippen LogP contribution is 2.23. The van der Waals surface area contributed by atoms with E-state index in [1.54, 1.807) is 0 Å². The van der Waals surface area contributed by atoms with E-state index < -0.39 is 5.82 Å². The molecule has 0 heterocycles. The van der Waals surface area contributed by atoms with Crippen LogP contribution in [0.5, 0.6) is 0 Å². The number of halogens is 2. The first-order chi connectivity index (χ1) is 9.95. The fourth-order valence-electron chi connectivity index (χ4n) is 1.83. The molecule has 0 aromatic heterocycles. The summed E-state index contributed by atoms with van der Waals surface area (Å²) in [6.45, 7) is 4.31. The summed E-state index contributed by atoms with van der Waals surface area (Å²) < 4.78 is 13.2. The molecule has 0 unspecified atom stereocenters. The van der Waals surface area contributed by atoms with E-state index >= 15 is 0 Å². The van der Waals surface area contributed by atoms with Crippen molar-refractivity contribution in [2.75, 3.05) is 18.0 Å². The van der Waals surface area contributed by atoms with Crippen molar-refractivity contribution in [3.8, 4) is 0 Å². The van der Waals surface area contributed by atoms with Crippen LogP contribution in [0.3, 0.4) is 0 Å². The van der Waals surface area contributed by atoms with Crippen LogP contribution in [0.25, 0.3) is 0 Å². The number of hydrogen-bond donors (Lipinski definition) is 1. The molecule has 0 atom stereocenters. The number of benzene rings is 1. The summed E-state index contributed by atoms with van der Waals surface area (Å²) in [7, 11) is 0. The van der Waals surface area contributed by atoms with Crippen LogP contribution in [0.15, 0.2) is 18.2 Å². The molecule has 0 spiro atoms. The Bertz CT molecular complexity index is 508. The van der Waals surface area contributed by atoms with E-state index in [0.717, 1.165) is 12.8 Å². The standard InChI is InChI=1S/C15H20ClFN2O2/c1-3-4-8-18-15(21)7-9-19(11(2)20)12-5-6-14(17)13(16)10-12/h5-6,10H,3-4,7-9H2,1-2H3,(H,18,21). The Labute approximate surface area is 129 Å². The second kappa shape index (κ2) is 8.62. The van der Waals surface area contributed by atoms with Crippen molar-refractivity contribution >= 4 is 29.1 Å². The molecule has 1 N–H and O–H groups in total. The first kappa shape index (κ1) is 17.4. The Kier molecular flexibility index (Phi) is 7.15. The fourth-order valence-corrected chi connectivity index (χ4v) is 2.00. The molecule has 2 amide bonds. The van der Waals surface area contributed by atoms with Crippen LogP contribution in [0.1, 0.15) is 33.1 Å². The van der Waals surface area contributed by atoms with Crippen molar-refractivity contribution in [3.05, 3.63) is 29.0 Å². The molecule has 1 aromatic carbocycles. The molecule has 116 valence electrons. The van der Waals surface area contributed by atoms with Gasteiger partial charge in [0, 0.05) is 32.1 Å². The maximum Gasteiger partial charge on any atom is 0.223 e. The molecule has 0 saturated carbocycles. The number of anilines is 1. The molecule has 6 heteroatoms. The van der Waals surface area contributed by atoms with E-state index in [-0.39, 0.29) is 29.8 Å². The third kappa shape index (κ3) is 5.71. The van der Waals surface area contributed by atoms with Crippen LogP contribution >= 0.6 is 11.6 Å². The second-order valence-electron chi connectivity index (χ2n) is 4.72. The predicted octanol–water partition coefficient (Wildman–Crippen LogP) is 3.14. The van der Waals surface area contributed by atoms with Gasteiger partial charge in [-0.25, -0.2) is 4.39 Å². The van der Waals surface area contributed by atoms with E-state index in [1.807, 2.05) is 6.92 Å². The van der Waals surface area contributed by atoms with Crippen molar-refractivity contribution in [3.63, 3.8) is 0 Å². The van der Waals surface area contributed by atoms with Gasteiger partial charge in [0.05, 0.1) is 5.02 Å². The van der Waals surface area contributed by atoms with Gasteiger partial charge in [0.2, 0.25) is 11.8 Å². The Balaban J connectivity index is 2.64. The number of carbonyl (C=O) groups is 2. The van der Waals surface area contributed by atoms with Gasteiger partial charge in [-0.1, -0.05) is 24.9 Å². The largest absolute Gasteiger partial charge is 0.356 e. The van der Waals surface area contributed by atoms with Gasteiger partial charge in [-0.3, -0.25) is 9.59 Å². The molecule has 1 rings (SSSR count). The van der Waals surface area contributed by atoms with E-state index in [4.69, 9.17) is 11.6 Å². The van der Waals surface area contributed by atoms with E-state index in [9.17, 15) is 14.0 Å². The minimum atomic E-state index is -0.541. The first-order valence-corrected chi connectivity index (χ1v) is 7.33. The normalized spacial score (nSPS) is 10.3. The maximum atomic E-state index is 13.2. The minimum absolute atomic E-state index is 0.0499. The van der Waals surface area contributed by atoms with Crippen LogP contribution in [0.4, 0.5) is 10.1 Å². The monoisotopic (exact) mass is 314 g/mol. The molecular weight excluding hydrogens is 295 g/mol. The third-order valence-corrected chi connectivity index (χ3v) is 3.30. The highest BCUT2D eigenvalue weighted by Gasteiger charge is 2.14. The minimum Gasteiger partial charge on any atom is -0.356 e. The Morgan fingerprint density at radius 2 is 2.10 bits per heavy atom. The molecule has 0 radical (unpaired) electrons. The number of carbonyl (C=O) groups excluding carboxylic acids is 2. The number of nitrogens with one attached hydrogen (secondary N) is 1. The van der Waals surface area contributed by atoms with E-state index in [2.05, 4.69) is 5.32 Å². The molecule has 21 heavy (non-hydrogen) atoms. The zero-order valence-corrected chi connectivity index (χ0v) is 13.0. The molecule has 0 aliphatic rings. The van der Waals surface area contributed by atoms with Crippen molar-refractivity contribution in [1.29, 1.82) is 0 Å². The number of hydrogen-bond acceptors (Lipinski definition) is 2. The van der Waals surface area contributed by atoms with Crippen LogP contribution in [-0.2, 0) is 9.59 Å². The smallest absolute Gasteiger partial charge is 0.223 e. The molecule has 0 aliphatic heterocycles. The molecule has 0 bridgehead atoms. The number of rotatable bonds is 7. The zero-order chi connectivity index (χ0) is 15.8. The summed E-state index contributed by atoms with van der Waals surface area (Å²) in [5.74, 6) is -0.872. The van der Waals surface area contributed by atoms with Gasteiger partial charge in [0.25, 0.3) is 0 Å². The maximum absolute atomic E-state index is 13.2. The highest BCUT2D eigenvalue weighted by atomic mass is 35.5. The van der Waals surface area contributed by atoms with Gasteiger partial charge >= 0.3 is 0 Å². The molecular formula is C15H20ClFN2O2. The Morgan fingerprint density at radius 1 is 1.38 bits per heavy atom. The highest BCUT2D eigenvalue weighted by molar-refractivity contribution is 6.31. The molecule has 0 fully saturated rings. The summed E-state index contributed by atoms with van der Waals surface area (Å²) >= 11 is 5.72. The molecule has 0 saturated heterocycles. The zero-order valence-electron chi connectivity index (χ0n) is 12.3. The summed E-state index contributed by atoms with van der Waals surface area (Å²) in [6, 6.07) is 4.06. The van der Waals surface area contributed by atoms with E-state index in [1.165, 1.54) is 30.0 Å². The van der Waals surface area contributed by atoms with Gasteiger partial charge in [0.15, 0.2) is 0 Å².